The van der Waals surface area contributed by atoms with E-state index >= 15 is 0 Å². The van der Waals surface area contributed by atoms with Gasteiger partial charge in [0, 0.05) is 31.0 Å². The number of hydrogen-bond acceptors (Lipinski definition) is 2. The molecule has 0 bridgehead atoms. The minimum Gasteiger partial charge on any atom is -0.355 e. The zero-order valence-electron chi connectivity index (χ0n) is 10.7. The molecule has 0 aromatic heterocycles. The lowest BCUT2D eigenvalue weighted by molar-refractivity contribution is -0.118. The van der Waals surface area contributed by atoms with Crippen molar-refractivity contribution in [2.75, 3.05) is 6.54 Å². The Bertz CT molecular complexity index is 568. The summed E-state index contributed by atoms with van der Waals surface area (Å²) >= 11 is 0. The Labute approximate surface area is 114 Å². The summed E-state index contributed by atoms with van der Waals surface area (Å²) in [5.74, 6) is 3.28. The Balaban J connectivity index is 2.72. The number of hydrogen-bond donors (Lipinski definition) is 1. The second-order valence-electron chi connectivity index (χ2n) is 3.94. The van der Waals surface area contributed by atoms with Crippen molar-refractivity contribution in [2.45, 2.75) is 19.5 Å². The van der Waals surface area contributed by atoms with Crippen LogP contribution in [0.15, 0.2) is 24.3 Å². The third kappa shape index (κ3) is 5.14. The van der Waals surface area contributed by atoms with E-state index in [1.165, 1.54) is 19.1 Å². The molecule has 106 valence electrons. The summed E-state index contributed by atoms with van der Waals surface area (Å²) in [5, 5.41) is 2.54. The zero-order chi connectivity index (χ0) is 15.2. The van der Waals surface area contributed by atoms with Crippen molar-refractivity contribution in [3.05, 3.63) is 35.4 Å². The standard InChI is InChI=1S/C14H12F3NO2/c1-10(19)18-8-3-2-5-11-6-4-7-12(9-11)13(20)14(15,16)17/h4,6-7,9H,3,8H2,1H3,(H,18,19). The molecule has 0 aliphatic carbocycles. The second kappa shape index (κ2) is 6.75. The van der Waals surface area contributed by atoms with Crippen LogP contribution < -0.4 is 5.32 Å². The molecule has 1 aromatic rings. The average molecular weight is 283 g/mol. The monoisotopic (exact) mass is 283 g/mol. The fourth-order valence-corrected chi connectivity index (χ4v) is 1.37. The minimum atomic E-state index is -4.89. The maximum absolute atomic E-state index is 12.3. The van der Waals surface area contributed by atoms with Crippen LogP contribution in [-0.4, -0.2) is 24.4 Å². The minimum absolute atomic E-state index is 0.176. The molecule has 0 spiro atoms. The molecule has 20 heavy (non-hydrogen) atoms. The summed E-state index contributed by atoms with van der Waals surface area (Å²) in [4.78, 5) is 21.6. The number of nitrogens with one attached hydrogen (secondary N) is 1. The summed E-state index contributed by atoms with van der Waals surface area (Å²) < 4.78 is 36.8. The van der Waals surface area contributed by atoms with E-state index in [1.807, 2.05) is 0 Å². The number of halogens is 3. The predicted molar refractivity (Wildman–Crippen MR) is 67.0 cm³/mol. The topological polar surface area (TPSA) is 46.2 Å². The van der Waals surface area contributed by atoms with Gasteiger partial charge in [-0.05, 0) is 12.1 Å². The highest BCUT2D eigenvalue weighted by atomic mass is 19.4. The third-order valence-corrected chi connectivity index (χ3v) is 2.24. The summed E-state index contributed by atoms with van der Waals surface area (Å²) in [7, 11) is 0. The van der Waals surface area contributed by atoms with Crippen LogP contribution in [0.5, 0.6) is 0 Å². The first-order chi connectivity index (χ1) is 9.30. The lowest BCUT2D eigenvalue weighted by atomic mass is 10.1. The average Bonchev–Trinajstić information content (AvgIpc) is 2.36. The van der Waals surface area contributed by atoms with Crippen LogP contribution in [-0.2, 0) is 4.79 Å². The Morgan fingerprint density at radius 1 is 1.30 bits per heavy atom. The van der Waals surface area contributed by atoms with Crippen LogP contribution in [0.4, 0.5) is 13.2 Å². The van der Waals surface area contributed by atoms with Crippen molar-refractivity contribution in [3.8, 4) is 11.8 Å². The molecule has 0 radical (unpaired) electrons. The number of carbonyl (C=O) groups excluding carboxylic acids is 2. The lowest BCUT2D eigenvalue weighted by Crippen LogP contribution is -2.22. The summed E-state index contributed by atoms with van der Waals surface area (Å²) in [6, 6.07) is 5.05. The number of Topliss-reactive ketones (excluding diaryl/α,β-unsaturated/α-hetero) is 1. The Kier molecular flexibility index (Phi) is 5.32. The second-order valence-corrected chi connectivity index (χ2v) is 3.94. The molecule has 1 N–H and O–H groups in total. The van der Waals surface area contributed by atoms with E-state index in [9.17, 15) is 22.8 Å². The van der Waals surface area contributed by atoms with Gasteiger partial charge in [0.2, 0.25) is 5.91 Å². The van der Waals surface area contributed by atoms with Crippen molar-refractivity contribution in [3.63, 3.8) is 0 Å². The number of carbonyl (C=O) groups is 2. The zero-order valence-corrected chi connectivity index (χ0v) is 10.7. The molecular formula is C14H12F3NO2. The molecule has 6 heteroatoms. The number of benzene rings is 1. The quantitative estimate of drug-likeness (QED) is 0.525. The van der Waals surface area contributed by atoms with Gasteiger partial charge >= 0.3 is 6.18 Å². The summed E-state index contributed by atoms with van der Waals surface area (Å²) in [6.45, 7) is 1.74. The van der Waals surface area contributed by atoms with E-state index in [2.05, 4.69) is 17.2 Å². The molecule has 0 saturated carbocycles. The van der Waals surface area contributed by atoms with Crippen molar-refractivity contribution >= 4 is 11.7 Å². The number of rotatable bonds is 3. The van der Waals surface area contributed by atoms with Gasteiger partial charge in [-0.2, -0.15) is 13.2 Å². The first-order valence-corrected chi connectivity index (χ1v) is 5.75. The highest BCUT2D eigenvalue weighted by Gasteiger charge is 2.39. The highest BCUT2D eigenvalue weighted by molar-refractivity contribution is 6.00. The smallest absolute Gasteiger partial charge is 0.355 e. The normalized spacial score (nSPS) is 10.4. The van der Waals surface area contributed by atoms with Gasteiger partial charge < -0.3 is 5.32 Å². The van der Waals surface area contributed by atoms with Crippen molar-refractivity contribution in [2.24, 2.45) is 0 Å². The molecule has 0 aliphatic rings. The van der Waals surface area contributed by atoms with E-state index in [4.69, 9.17) is 0 Å². The van der Waals surface area contributed by atoms with Crippen LogP contribution in [0.1, 0.15) is 29.3 Å². The Hall–Kier alpha value is -2.29. The highest BCUT2D eigenvalue weighted by Crippen LogP contribution is 2.21. The first kappa shape index (κ1) is 15.8. The predicted octanol–water partition coefficient (Wildman–Crippen LogP) is 2.31. The van der Waals surface area contributed by atoms with Crippen molar-refractivity contribution in [1.82, 2.24) is 5.32 Å². The van der Waals surface area contributed by atoms with Crippen molar-refractivity contribution < 1.29 is 22.8 Å². The van der Waals surface area contributed by atoms with Gasteiger partial charge in [-0.3, -0.25) is 9.59 Å². The number of amides is 1. The number of alkyl halides is 3. The van der Waals surface area contributed by atoms with Crippen LogP contribution in [0.3, 0.4) is 0 Å². The molecular weight excluding hydrogens is 271 g/mol. The fraction of sp³-hybridized carbons (Fsp3) is 0.286. The molecule has 1 amide bonds. The first-order valence-electron chi connectivity index (χ1n) is 5.75. The molecule has 0 saturated heterocycles. The maximum Gasteiger partial charge on any atom is 0.454 e. The molecule has 0 fully saturated rings. The third-order valence-electron chi connectivity index (χ3n) is 2.24. The molecule has 1 rings (SSSR count). The van der Waals surface area contributed by atoms with Crippen LogP contribution >= 0.6 is 0 Å². The number of ketones is 1. The van der Waals surface area contributed by atoms with E-state index in [-0.39, 0.29) is 5.91 Å². The van der Waals surface area contributed by atoms with E-state index in [0.29, 0.717) is 18.5 Å². The fourth-order valence-electron chi connectivity index (χ4n) is 1.37. The van der Waals surface area contributed by atoms with Gasteiger partial charge in [-0.1, -0.05) is 24.0 Å². The lowest BCUT2D eigenvalue weighted by Gasteiger charge is -2.04. The molecule has 0 aliphatic heterocycles. The Morgan fingerprint density at radius 3 is 2.60 bits per heavy atom. The molecule has 3 nitrogen and oxygen atoms in total. The van der Waals surface area contributed by atoms with Gasteiger partial charge in [0.1, 0.15) is 0 Å². The van der Waals surface area contributed by atoms with Crippen LogP contribution in [0.2, 0.25) is 0 Å². The van der Waals surface area contributed by atoms with E-state index in [1.54, 1.807) is 0 Å². The SMILES string of the molecule is CC(=O)NCCC#Cc1cccc(C(=O)C(F)(F)F)c1. The van der Waals surface area contributed by atoms with Gasteiger partial charge in [0.25, 0.3) is 5.78 Å². The summed E-state index contributed by atoms with van der Waals surface area (Å²) in [6.07, 6.45) is -4.52. The maximum atomic E-state index is 12.3. The molecule has 0 unspecified atom stereocenters. The van der Waals surface area contributed by atoms with Crippen molar-refractivity contribution in [1.29, 1.82) is 0 Å². The van der Waals surface area contributed by atoms with Crippen LogP contribution in [0, 0.1) is 11.8 Å². The Morgan fingerprint density at radius 2 is 2.00 bits per heavy atom. The van der Waals surface area contributed by atoms with Gasteiger partial charge in [0.15, 0.2) is 0 Å². The molecule has 0 heterocycles. The molecule has 0 atom stereocenters. The van der Waals surface area contributed by atoms with Gasteiger partial charge in [-0.25, -0.2) is 0 Å². The van der Waals surface area contributed by atoms with Gasteiger partial charge in [0.05, 0.1) is 0 Å². The summed E-state index contributed by atoms with van der Waals surface area (Å²) in [5.41, 5.74) is -0.117. The van der Waals surface area contributed by atoms with E-state index in [0.717, 1.165) is 12.1 Å². The van der Waals surface area contributed by atoms with Gasteiger partial charge in [-0.15, -0.1) is 0 Å². The van der Waals surface area contributed by atoms with Crippen LogP contribution in [0.25, 0.3) is 0 Å². The van der Waals surface area contributed by atoms with E-state index < -0.39 is 17.5 Å². The molecule has 1 aromatic carbocycles. The largest absolute Gasteiger partial charge is 0.454 e.